The van der Waals surface area contributed by atoms with E-state index in [2.05, 4.69) is 20.2 Å². The molecule has 0 unspecified atom stereocenters. The number of aryl methyl sites for hydroxylation is 1. The summed E-state index contributed by atoms with van der Waals surface area (Å²) < 4.78 is 0. The number of rotatable bonds is 2. The zero-order valence-corrected chi connectivity index (χ0v) is 10.8. The molecule has 2 heterocycles. The lowest BCUT2D eigenvalue weighted by molar-refractivity contribution is 0.663. The molecule has 0 fully saturated rings. The average Bonchev–Trinajstić information content (AvgIpc) is 2.91. The summed E-state index contributed by atoms with van der Waals surface area (Å²) in [5.74, 6) is 0.784. The highest BCUT2D eigenvalue weighted by Gasteiger charge is 2.19. The Bertz CT molecular complexity index is 545. The lowest BCUT2D eigenvalue weighted by atomic mass is 9.93. The van der Waals surface area contributed by atoms with Crippen LogP contribution in [0.4, 0.5) is 5.95 Å². The van der Waals surface area contributed by atoms with Crippen molar-refractivity contribution in [3.63, 3.8) is 0 Å². The van der Waals surface area contributed by atoms with Crippen LogP contribution in [0.3, 0.4) is 0 Å². The van der Waals surface area contributed by atoms with E-state index in [4.69, 9.17) is 0 Å². The molecule has 0 saturated heterocycles. The van der Waals surface area contributed by atoms with Gasteiger partial charge in [-0.1, -0.05) is 0 Å². The van der Waals surface area contributed by atoms with Crippen molar-refractivity contribution in [3.8, 4) is 11.3 Å². The average molecular weight is 243 g/mol. The third-order valence-corrected chi connectivity index (χ3v) is 3.34. The summed E-state index contributed by atoms with van der Waals surface area (Å²) in [6, 6.07) is 0. The van der Waals surface area contributed by atoms with E-state index in [1.54, 1.807) is 0 Å². The van der Waals surface area contributed by atoms with Crippen LogP contribution >= 0.6 is 0 Å². The van der Waals surface area contributed by atoms with Gasteiger partial charge in [0.05, 0.1) is 11.9 Å². The maximum absolute atomic E-state index is 4.68. The van der Waals surface area contributed by atoms with Crippen molar-refractivity contribution < 1.29 is 0 Å². The van der Waals surface area contributed by atoms with Gasteiger partial charge in [0.1, 0.15) is 0 Å². The summed E-state index contributed by atoms with van der Waals surface area (Å²) in [6.45, 7) is 0. The number of fused-ring (bicyclic) bond motifs is 1. The van der Waals surface area contributed by atoms with Gasteiger partial charge in [0.2, 0.25) is 5.95 Å². The molecule has 0 aliphatic heterocycles. The summed E-state index contributed by atoms with van der Waals surface area (Å²) >= 11 is 0. The van der Waals surface area contributed by atoms with Gasteiger partial charge in [-0.05, 0) is 25.7 Å². The number of nitrogens with one attached hydrogen (secondary N) is 1. The van der Waals surface area contributed by atoms with Crippen LogP contribution < -0.4 is 4.90 Å². The van der Waals surface area contributed by atoms with Gasteiger partial charge in [-0.2, -0.15) is 5.10 Å². The monoisotopic (exact) mass is 243 g/mol. The van der Waals surface area contributed by atoms with E-state index >= 15 is 0 Å². The van der Waals surface area contributed by atoms with E-state index < -0.39 is 0 Å². The molecule has 2 aromatic rings. The van der Waals surface area contributed by atoms with Crippen molar-refractivity contribution in [2.45, 2.75) is 25.7 Å². The second-order valence-electron chi connectivity index (χ2n) is 4.89. The minimum atomic E-state index is 0.784. The van der Waals surface area contributed by atoms with E-state index in [0.717, 1.165) is 30.0 Å². The Hall–Kier alpha value is -1.91. The fourth-order valence-electron chi connectivity index (χ4n) is 2.40. The van der Waals surface area contributed by atoms with Crippen LogP contribution in [0, 0.1) is 0 Å². The van der Waals surface area contributed by atoms with Crippen molar-refractivity contribution in [2.75, 3.05) is 19.0 Å². The molecule has 0 amide bonds. The molecular weight excluding hydrogens is 226 g/mol. The molecule has 1 aliphatic rings. The Balaban J connectivity index is 2.18. The largest absolute Gasteiger partial charge is 0.347 e. The van der Waals surface area contributed by atoms with Gasteiger partial charge in [0.25, 0.3) is 0 Å². The molecule has 5 heteroatoms. The molecule has 1 N–H and O–H groups in total. The highest BCUT2D eigenvalue weighted by atomic mass is 15.2. The molecule has 3 rings (SSSR count). The smallest absolute Gasteiger partial charge is 0.225 e. The van der Waals surface area contributed by atoms with Crippen LogP contribution in [-0.2, 0) is 12.8 Å². The number of anilines is 1. The number of aromatic nitrogens is 4. The van der Waals surface area contributed by atoms with Crippen molar-refractivity contribution in [1.82, 2.24) is 20.2 Å². The highest BCUT2D eigenvalue weighted by molar-refractivity contribution is 5.64. The molecule has 0 radical (unpaired) electrons. The fourth-order valence-corrected chi connectivity index (χ4v) is 2.40. The summed E-state index contributed by atoms with van der Waals surface area (Å²) in [7, 11) is 3.95. The normalized spacial score (nSPS) is 14.3. The number of nitrogens with zero attached hydrogens (tertiary/aromatic N) is 4. The first kappa shape index (κ1) is 11.2. The van der Waals surface area contributed by atoms with Gasteiger partial charge >= 0.3 is 0 Å². The van der Waals surface area contributed by atoms with Crippen LogP contribution in [0.25, 0.3) is 11.3 Å². The van der Waals surface area contributed by atoms with E-state index in [0.29, 0.717) is 0 Å². The zero-order chi connectivity index (χ0) is 12.5. The van der Waals surface area contributed by atoms with Gasteiger partial charge in [-0.25, -0.2) is 9.97 Å². The van der Waals surface area contributed by atoms with Crippen molar-refractivity contribution >= 4 is 5.95 Å². The molecule has 0 spiro atoms. The Morgan fingerprint density at radius 3 is 2.72 bits per heavy atom. The lowest BCUT2D eigenvalue weighted by Crippen LogP contribution is -2.17. The van der Waals surface area contributed by atoms with E-state index in [1.165, 1.54) is 24.1 Å². The minimum Gasteiger partial charge on any atom is -0.347 e. The quantitative estimate of drug-likeness (QED) is 0.874. The maximum Gasteiger partial charge on any atom is 0.225 e. The van der Waals surface area contributed by atoms with Gasteiger partial charge in [-0.15, -0.1) is 0 Å². The number of aromatic amines is 1. The van der Waals surface area contributed by atoms with Crippen molar-refractivity contribution in [3.05, 3.63) is 23.7 Å². The summed E-state index contributed by atoms with van der Waals surface area (Å²) in [6.07, 6.45) is 8.31. The van der Waals surface area contributed by atoms with Crippen molar-refractivity contribution in [2.24, 2.45) is 0 Å². The molecule has 18 heavy (non-hydrogen) atoms. The molecule has 0 bridgehead atoms. The van der Waals surface area contributed by atoms with Crippen LogP contribution in [0.15, 0.2) is 12.4 Å². The van der Waals surface area contributed by atoms with Crippen LogP contribution in [0.5, 0.6) is 0 Å². The first-order chi connectivity index (χ1) is 8.75. The van der Waals surface area contributed by atoms with Gasteiger partial charge in [-0.3, -0.25) is 5.10 Å². The molecule has 0 aromatic carbocycles. The Labute approximate surface area is 106 Å². The molecule has 2 aromatic heterocycles. The predicted molar refractivity (Wildman–Crippen MR) is 70.6 cm³/mol. The van der Waals surface area contributed by atoms with E-state index in [-0.39, 0.29) is 0 Å². The highest BCUT2D eigenvalue weighted by Crippen LogP contribution is 2.30. The Morgan fingerprint density at radius 2 is 2.00 bits per heavy atom. The number of hydrogen-bond acceptors (Lipinski definition) is 4. The van der Waals surface area contributed by atoms with Crippen LogP contribution in [0.1, 0.15) is 24.1 Å². The third-order valence-electron chi connectivity index (χ3n) is 3.34. The topological polar surface area (TPSA) is 57.7 Å². The van der Waals surface area contributed by atoms with E-state index in [9.17, 15) is 0 Å². The van der Waals surface area contributed by atoms with Crippen molar-refractivity contribution in [1.29, 1.82) is 0 Å². The summed E-state index contributed by atoms with van der Waals surface area (Å²) in [5, 5.41) is 6.88. The standard InChI is InChI=1S/C13H17N5/c1-18(2)13-16-11-6-4-3-5-10(11)12(17-13)9-7-14-15-8-9/h7-8H,3-6H2,1-2H3,(H,14,15). The van der Waals surface area contributed by atoms with Gasteiger partial charge < -0.3 is 4.90 Å². The fraction of sp³-hybridized carbons (Fsp3) is 0.462. The first-order valence-electron chi connectivity index (χ1n) is 6.32. The predicted octanol–water partition coefficient (Wildman–Crippen LogP) is 1.81. The Morgan fingerprint density at radius 1 is 1.17 bits per heavy atom. The summed E-state index contributed by atoms with van der Waals surface area (Å²) in [4.78, 5) is 11.3. The van der Waals surface area contributed by atoms with Gasteiger partial charge in [0, 0.05) is 37.1 Å². The minimum absolute atomic E-state index is 0.784. The summed E-state index contributed by atoms with van der Waals surface area (Å²) in [5.41, 5.74) is 4.60. The van der Waals surface area contributed by atoms with Crippen LogP contribution in [-0.4, -0.2) is 34.3 Å². The van der Waals surface area contributed by atoms with Gasteiger partial charge in [0.15, 0.2) is 0 Å². The molecule has 0 atom stereocenters. The lowest BCUT2D eigenvalue weighted by Gasteiger charge is -2.20. The second-order valence-corrected chi connectivity index (χ2v) is 4.89. The molecular formula is C13H17N5. The molecule has 5 nitrogen and oxygen atoms in total. The second kappa shape index (κ2) is 4.40. The number of H-pyrrole nitrogens is 1. The first-order valence-corrected chi connectivity index (χ1v) is 6.32. The maximum atomic E-state index is 4.68. The van der Waals surface area contributed by atoms with Crippen LogP contribution in [0.2, 0.25) is 0 Å². The third kappa shape index (κ3) is 1.85. The van der Waals surface area contributed by atoms with E-state index in [1.807, 2.05) is 31.4 Å². The molecule has 0 saturated carbocycles. The Kier molecular flexibility index (Phi) is 2.74. The zero-order valence-electron chi connectivity index (χ0n) is 10.8. The SMILES string of the molecule is CN(C)c1nc2c(c(-c3cn[nH]c3)n1)CCCC2. The molecule has 1 aliphatic carbocycles. The number of hydrogen-bond donors (Lipinski definition) is 1. The molecule has 94 valence electrons.